The van der Waals surface area contributed by atoms with Gasteiger partial charge in [-0.25, -0.2) is 0 Å². The summed E-state index contributed by atoms with van der Waals surface area (Å²) in [5.41, 5.74) is 1.01. The van der Waals surface area contributed by atoms with Crippen molar-refractivity contribution in [1.29, 1.82) is 0 Å². The fourth-order valence-electron chi connectivity index (χ4n) is 4.43. The first kappa shape index (κ1) is 20.6. The second-order valence-electron chi connectivity index (χ2n) is 8.11. The number of aryl methyl sites for hydroxylation is 1. The number of likely N-dealkylation sites (tertiary alicyclic amines) is 1. The van der Waals surface area contributed by atoms with Gasteiger partial charge in [-0.3, -0.25) is 14.5 Å². The van der Waals surface area contributed by atoms with Gasteiger partial charge in [0.25, 0.3) is 5.91 Å². The lowest BCUT2D eigenvalue weighted by Gasteiger charge is -2.46. The largest absolute Gasteiger partial charge is 0.507 e. The highest BCUT2D eigenvalue weighted by molar-refractivity contribution is 5.97. The molecule has 1 amide bonds. The van der Waals surface area contributed by atoms with Gasteiger partial charge in [0, 0.05) is 51.7 Å². The summed E-state index contributed by atoms with van der Waals surface area (Å²) in [6.45, 7) is 6.95. The molecule has 28 heavy (non-hydrogen) atoms. The Kier molecular flexibility index (Phi) is 6.57. The third-order valence-electron chi connectivity index (χ3n) is 6.19. The van der Waals surface area contributed by atoms with Gasteiger partial charge in [-0.1, -0.05) is 12.1 Å². The molecule has 2 atom stereocenters. The van der Waals surface area contributed by atoms with Crippen LogP contribution in [-0.4, -0.2) is 89.1 Å². The lowest BCUT2D eigenvalue weighted by atomic mass is 9.86. The summed E-state index contributed by atoms with van der Waals surface area (Å²) in [6.07, 6.45) is 1.52. The van der Waals surface area contributed by atoms with Gasteiger partial charge in [-0.2, -0.15) is 0 Å². The first-order chi connectivity index (χ1) is 13.4. The number of hydrogen-bond acceptors (Lipinski definition) is 5. The fourth-order valence-corrected chi connectivity index (χ4v) is 4.43. The van der Waals surface area contributed by atoms with Gasteiger partial charge in [-0.15, -0.1) is 0 Å². The van der Waals surface area contributed by atoms with E-state index < -0.39 is 5.97 Å². The molecule has 0 saturated carbocycles. The average Bonchev–Trinajstić information content (AvgIpc) is 2.68. The molecule has 2 saturated heterocycles. The molecule has 0 aliphatic carbocycles. The molecule has 7 heteroatoms. The maximum Gasteiger partial charge on any atom is 0.303 e. The van der Waals surface area contributed by atoms with E-state index in [0.717, 1.165) is 32.6 Å². The zero-order valence-corrected chi connectivity index (χ0v) is 16.8. The topological polar surface area (TPSA) is 84.3 Å². The summed E-state index contributed by atoms with van der Waals surface area (Å²) in [7, 11) is 2.12. The number of nitrogens with zero attached hydrogens (tertiary/aromatic N) is 3. The Balaban J connectivity index is 1.73. The number of carboxylic acids is 1. The highest BCUT2D eigenvalue weighted by Crippen LogP contribution is 2.30. The van der Waals surface area contributed by atoms with Gasteiger partial charge in [0.2, 0.25) is 0 Å². The Labute approximate surface area is 166 Å². The third-order valence-corrected chi connectivity index (χ3v) is 6.19. The third kappa shape index (κ3) is 4.64. The van der Waals surface area contributed by atoms with Gasteiger partial charge in [0.1, 0.15) is 5.75 Å². The van der Waals surface area contributed by atoms with E-state index in [0.29, 0.717) is 36.7 Å². The number of benzene rings is 1. The molecule has 3 rings (SSSR count). The van der Waals surface area contributed by atoms with Gasteiger partial charge < -0.3 is 20.0 Å². The minimum atomic E-state index is -0.795. The zero-order chi connectivity index (χ0) is 20.3. The highest BCUT2D eigenvalue weighted by atomic mass is 16.4. The summed E-state index contributed by atoms with van der Waals surface area (Å²) >= 11 is 0. The number of aliphatic carboxylic acids is 1. The summed E-state index contributed by atoms with van der Waals surface area (Å²) in [4.78, 5) is 30.7. The highest BCUT2D eigenvalue weighted by Gasteiger charge is 2.36. The normalized spacial score (nSPS) is 24.3. The number of carbonyl (C=O) groups is 2. The van der Waals surface area contributed by atoms with E-state index in [9.17, 15) is 14.7 Å². The molecule has 0 bridgehead atoms. The van der Waals surface area contributed by atoms with Crippen molar-refractivity contribution in [3.05, 3.63) is 29.3 Å². The molecule has 1 aromatic rings. The number of piperidine rings is 1. The standard InChI is InChI=1S/C21H31N3O4/c1-15-4-3-5-17(20(15)27)21(28)24-9-8-18(16(14-24)6-7-19(25)26)23-12-10-22(2)11-13-23/h3-5,16,18,27H,6-14H2,1-2H3,(H,25,26). The number of aromatic hydroxyl groups is 1. The summed E-state index contributed by atoms with van der Waals surface area (Å²) in [6, 6.07) is 5.52. The Morgan fingerprint density at radius 1 is 1.14 bits per heavy atom. The quantitative estimate of drug-likeness (QED) is 0.797. The number of para-hydroxylation sites is 1. The maximum atomic E-state index is 13.0. The molecule has 154 valence electrons. The van der Waals surface area contributed by atoms with Crippen LogP contribution < -0.4 is 0 Å². The van der Waals surface area contributed by atoms with Crippen molar-refractivity contribution in [3.8, 4) is 5.75 Å². The average molecular weight is 389 g/mol. The summed E-state index contributed by atoms with van der Waals surface area (Å²) in [5.74, 6) is -0.796. The van der Waals surface area contributed by atoms with Crippen LogP contribution >= 0.6 is 0 Å². The van der Waals surface area contributed by atoms with Crippen LogP contribution in [0.5, 0.6) is 5.75 Å². The minimum Gasteiger partial charge on any atom is -0.507 e. The molecular weight excluding hydrogens is 358 g/mol. The number of piperazine rings is 1. The molecule has 2 aliphatic rings. The number of amides is 1. The van der Waals surface area contributed by atoms with Gasteiger partial charge in [0.05, 0.1) is 5.56 Å². The van der Waals surface area contributed by atoms with Crippen LogP contribution in [0.4, 0.5) is 0 Å². The van der Waals surface area contributed by atoms with Gasteiger partial charge >= 0.3 is 5.97 Å². The number of phenols is 1. The van der Waals surface area contributed by atoms with E-state index >= 15 is 0 Å². The molecular formula is C21H31N3O4. The zero-order valence-electron chi connectivity index (χ0n) is 16.8. The number of phenolic OH excluding ortho intramolecular Hbond substituents is 1. The molecule has 0 spiro atoms. The number of rotatable bonds is 5. The van der Waals surface area contributed by atoms with Gasteiger partial charge in [-0.05, 0) is 44.4 Å². The van der Waals surface area contributed by atoms with Crippen LogP contribution in [0, 0.1) is 12.8 Å². The van der Waals surface area contributed by atoms with Gasteiger partial charge in [0.15, 0.2) is 0 Å². The number of likely N-dealkylation sites (N-methyl/N-ethyl adjacent to an activating group) is 1. The Morgan fingerprint density at radius 3 is 2.54 bits per heavy atom. The Morgan fingerprint density at radius 2 is 1.86 bits per heavy atom. The predicted molar refractivity (Wildman–Crippen MR) is 107 cm³/mol. The molecule has 0 radical (unpaired) electrons. The van der Waals surface area contributed by atoms with Crippen LogP contribution in [0.2, 0.25) is 0 Å². The molecule has 2 heterocycles. The fraction of sp³-hybridized carbons (Fsp3) is 0.619. The van der Waals surface area contributed by atoms with Crippen LogP contribution in [0.3, 0.4) is 0 Å². The van der Waals surface area contributed by atoms with Crippen molar-refractivity contribution in [2.75, 3.05) is 46.3 Å². The molecule has 2 N–H and O–H groups in total. The van der Waals surface area contributed by atoms with Crippen LogP contribution in [0.25, 0.3) is 0 Å². The first-order valence-corrected chi connectivity index (χ1v) is 10.1. The van der Waals surface area contributed by atoms with E-state index in [1.807, 2.05) is 0 Å². The van der Waals surface area contributed by atoms with Crippen LogP contribution in [0.1, 0.15) is 35.2 Å². The smallest absolute Gasteiger partial charge is 0.303 e. The van der Waals surface area contributed by atoms with E-state index in [2.05, 4.69) is 16.8 Å². The summed E-state index contributed by atoms with van der Waals surface area (Å²) < 4.78 is 0. The van der Waals surface area contributed by atoms with Crippen molar-refractivity contribution in [2.45, 2.75) is 32.2 Å². The lowest BCUT2D eigenvalue weighted by Crippen LogP contribution is -2.57. The van der Waals surface area contributed by atoms with Crippen molar-refractivity contribution >= 4 is 11.9 Å². The SMILES string of the molecule is Cc1cccc(C(=O)N2CCC(N3CCN(C)CC3)C(CCC(=O)O)C2)c1O. The Hall–Kier alpha value is -2.12. The number of carbonyl (C=O) groups excluding carboxylic acids is 1. The van der Waals surface area contributed by atoms with Crippen molar-refractivity contribution in [1.82, 2.24) is 14.7 Å². The van der Waals surface area contributed by atoms with E-state index in [4.69, 9.17) is 5.11 Å². The monoisotopic (exact) mass is 389 g/mol. The van der Waals surface area contributed by atoms with E-state index in [1.54, 1.807) is 30.0 Å². The minimum absolute atomic E-state index is 0.0378. The molecule has 2 aliphatic heterocycles. The molecule has 2 fully saturated rings. The van der Waals surface area contributed by atoms with E-state index in [-0.39, 0.29) is 24.0 Å². The Bertz CT molecular complexity index is 716. The molecule has 2 unspecified atom stereocenters. The first-order valence-electron chi connectivity index (χ1n) is 10.1. The second kappa shape index (κ2) is 8.92. The van der Waals surface area contributed by atoms with Crippen LogP contribution in [0.15, 0.2) is 18.2 Å². The van der Waals surface area contributed by atoms with Crippen molar-refractivity contribution < 1.29 is 19.8 Å². The van der Waals surface area contributed by atoms with Crippen LogP contribution in [-0.2, 0) is 4.79 Å². The van der Waals surface area contributed by atoms with E-state index in [1.165, 1.54) is 0 Å². The second-order valence-corrected chi connectivity index (χ2v) is 8.11. The van der Waals surface area contributed by atoms with Crippen molar-refractivity contribution in [2.24, 2.45) is 5.92 Å². The molecule has 0 aromatic heterocycles. The molecule has 7 nitrogen and oxygen atoms in total. The lowest BCUT2D eigenvalue weighted by molar-refractivity contribution is -0.137. The summed E-state index contributed by atoms with van der Waals surface area (Å²) in [5, 5.41) is 19.4. The molecule has 1 aromatic carbocycles. The van der Waals surface area contributed by atoms with Crippen molar-refractivity contribution in [3.63, 3.8) is 0 Å². The number of hydrogen-bond donors (Lipinski definition) is 2. The maximum absolute atomic E-state index is 13.0. The predicted octanol–water partition coefficient (Wildman–Crippen LogP) is 1.64. The number of carboxylic acid groups (broad SMARTS) is 1.